The van der Waals surface area contributed by atoms with E-state index < -0.39 is 5.97 Å². The highest BCUT2D eigenvalue weighted by Crippen LogP contribution is 2.20. The van der Waals surface area contributed by atoms with Crippen LogP contribution in [-0.2, 0) is 0 Å². The van der Waals surface area contributed by atoms with Crippen LogP contribution < -0.4 is 5.32 Å². The van der Waals surface area contributed by atoms with Crippen LogP contribution in [0.15, 0.2) is 36.5 Å². The molecule has 6 nitrogen and oxygen atoms in total. The van der Waals surface area contributed by atoms with Crippen molar-refractivity contribution in [3.63, 3.8) is 0 Å². The molecular weight excluding hydrogens is 258 g/mol. The maximum Gasteiger partial charge on any atom is 0.341 e. The molecule has 1 heterocycles. The van der Waals surface area contributed by atoms with E-state index in [4.69, 9.17) is 5.11 Å². The first-order valence-corrected chi connectivity index (χ1v) is 6.45. The van der Waals surface area contributed by atoms with Crippen molar-refractivity contribution in [2.45, 2.75) is 12.8 Å². The van der Waals surface area contributed by atoms with Gasteiger partial charge in [-0.1, -0.05) is 18.2 Å². The van der Waals surface area contributed by atoms with Gasteiger partial charge >= 0.3 is 5.97 Å². The number of hydrogen-bond donors (Lipinski definition) is 3. The Morgan fingerprint density at radius 3 is 2.65 bits per heavy atom. The van der Waals surface area contributed by atoms with Gasteiger partial charge in [-0.15, -0.1) is 0 Å². The van der Waals surface area contributed by atoms with Gasteiger partial charge in [0.25, 0.3) is 0 Å². The highest BCUT2D eigenvalue weighted by molar-refractivity contribution is 5.93. The second kappa shape index (κ2) is 6.72. The van der Waals surface area contributed by atoms with E-state index in [1.807, 2.05) is 30.3 Å². The van der Waals surface area contributed by atoms with Gasteiger partial charge in [0.2, 0.25) is 0 Å². The van der Waals surface area contributed by atoms with Gasteiger partial charge in [-0.2, -0.15) is 5.10 Å². The molecule has 0 unspecified atom stereocenters. The molecule has 0 radical (unpaired) electrons. The number of nitrogens with one attached hydrogen (secondary N) is 1. The van der Waals surface area contributed by atoms with Crippen molar-refractivity contribution in [3.05, 3.63) is 42.1 Å². The fourth-order valence-corrected chi connectivity index (χ4v) is 1.88. The summed E-state index contributed by atoms with van der Waals surface area (Å²) in [6.07, 6.45) is 2.77. The maximum atomic E-state index is 11.2. The van der Waals surface area contributed by atoms with E-state index in [0.717, 1.165) is 12.1 Å². The summed E-state index contributed by atoms with van der Waals surface area (Å²) in [5.74, 6) is -0.557. The van der Waals surface area contributed by atoms with Crippen LogP contribution in [0.2, 0.25) is 0 Å². The molecule has 0 fully saturated rings. The Labute approximate surface area is 116 Å². The molecule has 0 saturated carbocycles. The largest absolute Gasteiger partial charge is 0.477 e. The average molecular weight is 275 g/mol. The number of carboxylic acid groups (broad SMARTS) is 1. The van der Waals surface area contributed by atoms with E-state index in [1.165, 1.54) is 6.20 Å². The summed E-state index contributed by atoms with van der Waals surface area (Å²) in [4.78, 5) is 11.2. The topological polar surface area (TPSA) is 87.4 Å². The summed E-state index contributed by atoms with van der Waals surface area (Å²) in [6, 6.07) is 9.34. The van der Waals surface area contributed by atoms with Crippen molar-refractivity contribution < 1.29 is 15.0 Å². The van der Waals surface area contributed by atoms with Crippen molar-refractivity contribution in [2.75, 3.05) is 18.5 Å². The van der Waals surface area contributed by atoms with Gasteiger partial charge in [-0.3, -0.25) is 0 Å². The standard InChI is InChI=1S/C14H17N3O3/c18-9-5-4-8-15-13-12(14(19)20)10-16-17(13)11-6-2-1-3-7-11/h1-3,6-7,10,15,18H,4-5,8-9H2,(H,19,20). The molecule has 0 spiro atoms. The molecule has 6 heteroatoms. The summed E-state index contributed by atoms with van der Waals surface area (Å²) in [6.45, 7) is 0.713. The number of hydrogen-bond acceptors (Lipinski definition) is 4. The predicted molar refractivity (Wildman–Crippen MR) is 75.3 cm³/mol. The minimum Gasteiger partial charge on any atom is -0.477 e. The van der Waals surface area contributed by atoms with Crippen molar-refractivity contribution in [1.29, 1.82) is 0 Å². The molecular formula is C14H17N3O3. The number of nitrogens with zero attached hydrogens (tertiary/aromatic N) is 2. The van der Waals surface area contributed by atoms with Crippen molar-refractivity contribution in [3.8, 4) is 5.69 Å². The first-order chi connectivity index (χ1) is 9.74. The number of para-hydroxylation sites is 1. The van der Waals surface area contributed by atoms with Crippen molar-refractivity contribution in [1.82, 2.24) is 9.78 Å². The molecule has 2 aromatic rings. The highest BCUT2D eigenvalue weighted by atomic mass is 16.4. The number of unbranched alkanes of at least 4 members (excludes halogenated alkanes) is 1. The average Bonchev–Trinajstić information content (AvgIpc) is 2.88. The first kappa shape index (κ1) is 14.1. The van der Waals surface area contributed by atoms with Gasteiger partial charge in [-0.05, 0) is 25.0 Å². The number of aliphatic hydroxyl groups excluding tert-OH is 1. The summed E-state index contributed by atoms with van der Waals surface area (Å²) in [7, 11) is 0. The molecule has 0 aliphatic heterocycles. The Hall–Kier alpha value is -2.34. The van der Waals surface area contributed by atoms with Crippen molar-refractivity contribution >= 4 is 11.8 Å². The van der Waals surface area contributed by atoms with Crippen LogP contribution in [0, 0.1) is 0 Å². The fraction of sp³-hybridized carbons (Fsp3) is 0.286. The number of carboxylic acids is 1. The Morgan fingerprint density at radius 1 is 1.25 bits per heavy atom. The minimum absolute atomic E-state index is 0.130. The van der Waals surface area contributed by atoms with E-state index in [0.29, 0.717) is 18.8 Å². The minimum atomic E-state index is -1.02. The Balaban J connectivity index is 2.26. The lowest BCUT2D eigenvalue weighted by Crippen LogP contribution is -2.11. The normalized spacial score (nSPS) is 10.4. The lowest BCUT2D eigenvalue weighted by atomic mass is 10.3. The smallest absolute Gasteiger partial charge is 0.341 e. The maximum absolute atomic E-state index is 11.2. The van der Waals surface area contributed by atoms with E-state index in [2.05, 4.69) is 10.4 Å². The quantitative estimate of drug-likeness (QED) is 0.670. The number of aliphatic hydroxyl groups is 1. The third-order valence-corrected chi connectivity index (χ3v) is 2.88. The zero-order valence-electron chi connectivity index (χ0n) is 11.0. The molecule has 0 amide bonds. The number of aromatic carboxylic acids is 1. The molecule has 20 heavy (non-hydrogen) atoms. The van der Waals surface area contributed by atoms with E-state index in [1.54, 1.807) is 4.68 Å². The SMILES string of the molecule is O=C(O)c1cnn(-c2ccccc2)c1NCCCCO. The molecule has 0 aliphatic rings. The third-order valence-electron chi connectivity index (χ3n) is 2.88. The number of benzene rings is 1. The second-order valence-corrected chi connectivity index (χ2v) is 4.32. The number of aromatic nitrogens is 2. The monoisotopic (exact) mass is 275 g/mol. The zero-order valence-corrected chi connectivity index (χ0v) is 11.0. The number of anilines is 1. The molecule has 0 saturated heterocycles. The van der Waals surface area contributed by atoms with Crippen molar-refractivity contribution in [2.24, 2.45) is 0 Å². The van der Waals surface area contributed by atoms with Gasteiger partial charge in [0.1, 0.15) is 11.4 Å². The van der Waals surface area contributed by atoms with Gasteiger partial charge in [0, 0.05) is 13.2 Å². The molecule has 1 aromatic carbocycles. The van der Waals surface area contributed by atoms with Gasteiger partial charge in [-0.25, -0.2) is 9.48 Å². The predicted octanol–water partition coefficient (Wildman–Crippen LogP) is 1.75. The van der Waals surface area contributed by atoms with Gasteiger partial charge in [0.15, 0.2) is 0 Å². The molecule has 3 N–H and O–H groups in total. The van der Waals surface area contributed by atoms with Gasteiger partial charge in [0.05, 0.1) is 11.9 Å². The molecule has 0 aliphatic carbocycles. The van der Waals surface area contributed by atoms with E-state index in [9.17, 15) is 9.90 Å². The Morgan fingerprint density at radius 2 is 2.00 bits per heavy atom. The highest BCUT2D eigenvalue weighted by Gasteiger charge is 2.17. The Kier molecular flexibility index (Phi) is 4.73. The van der Waals surface area contributed by atoms with Gasteiger partial charge < -0.3 is 15.5 Å². The van der Waals surface area contributed by atoms with Crippen LogP contribution >= 0.6 is 0 Å². The molecule has 0 bridgehead atoms. The fourth-order valence-electron chi connectivity index (χ4n) is 1.88. The summed E-state index contributed by atoms with van der Waals surface area (Å²) in [5.41, 5.74) is 0.933. The lowest BCUT2D eigenvalue weighted by Gasteiger charge is -2.10. The summed E-state index contributed by atoms with van der Waals surface area (Å²) < 4.78 is 1.57. The molecule has 106 valence electrons. The lowest BCUT2D eigenvalue weighted by molar-refractivity contribution is 0.0698. The third kappa shape index (κ3) is 3.16. The van der Waals surface area contributed by atoms with Crippen LogP contribution in [0.25, 0.3) is 5.69 Å². The van der Waals surface area contributed by atoms with Crippen LogP contribution in [0.3, 0.4) is 0 Å². The molecule has 0 atom stereocenters. The first-order valence-electron chi connectivity index (χ1n) is 6.45. The Bertz CT molecular complexity index is 566. The van der Waals surface area contributed by atoms with Crippen LogP contribution in [-0.4, -0.2) is 39.1 Å². The second-order valence-electron chi connectivity index (χ2n) is 4.32. The summed E-state index contributed by atoms with van der Waals surface area (Å²) in [5, 5.41) is 25.2. The van der Waals surface area contributed by atoms with Crippen LogP contribution in [0.1, 0.15) is 23.2 Å². The molecule has 1 aromatic heterocycles. The number of rotatable bonds is 7. The zero-order chi connectivity index (χ0) is 14.4. The summed E-state index contributed by atoms with van der Waals surface area (Å²) >= 11 is 0. The molecule has 2 rings (SSSR count). The van der Waals surface area contributed by atoms with E-state index >= 15 is 0 Å². The number of carbonyl (C=O) groups is 1. The van der Waals surface area contributed by atoms with Crippen LogP contribution in [0.4, 0.5) is 5.82 Å². The van der Waals surface area contributed by atoms with Crippen LogP contribution in [0.5, 0.6) is 0 Å². The van der Waals surface area contributed by atoms with E-state index in [-0.39, 0.29) is 12.2 Å².